The zero-order chi connectivity index (χ0) is 19.4. The van der Waals surface area contributed by atoms with E-state index in [9.17, 15) is 19.2 Å². The lowest BCUT2D eigenvalue weighted by Gasteiger charge is -2.28. The maximum atomic E-state index is 12.2. The van der Waals surface area contributed by atoms with Crippen LogP contribution in [0.4, 0.5) is 16.2 Å². The summed E-state index contributed by atoms with van der Waals surface area (Å²) in [6.45, 7) is 5.80. The molecule has 9 nitrogen and oxygen atoms in total. The molecule has 2 aliphatic rings. The van der Waals surface area contributed by atoms with Crippen LogP contribution >= 0.6 is 0 Å². The third-order valence-electron chi connectivity index (χ3n) is 4.28. The molecule has 9 heteroatoms. The Bertz CT molecular complexity index is 770. The molecule has 0 bridgehead atoms. The van der Waals surface area contributed by atoms with E-state index in [0.717, 1.165) is 23.7 Å². The predicted octanol–water partition coefficient (Wildman–Crippen LogP) is 0.438. The van der Waals surface area contributed by atoms with Crippen molar-refractivity contribution in [2.75, 3.05) is 49.6 Å². The second kappa shape index (κ2) is 8.00. The Morgan fingerprint density at radius 1 is 1.07 bits per heavy atom. The predicted molar refractivity (Wildman–Crippen MR) is 97.1 cm³/mol. The van der Waals surface area contributed by atoms with E-state index in [2.05, 4.69) is 16.8 Å². The molecular formula is C18H20N4O5. The molecule has 142 valence electrons. The topological polar surface area (TPSA) is 99.3 Å². The Labute approximate surface area is 156 Å². The average Bonchev–Trinajstić information content (AvgIpc) is 2.88. The number of benzene rings is 1. The SMILES string of the molecule is C=CCN1C(=O)C(=O)N(CC(=O)Nc2ccc(N3CCOCC3)cc2)C1=O. The molecule has 0 aromatic heterocycles. The van der Waals surface area contributed by atoms with E-state index < -0.39 is 30.3 Å². The monoisotopic (exact) mass is 372 g/mol. The van der Waals surface area contributed by atoms with E-state index in [1.54, 1.807) is 12.1 Å². The molecule has 2 aliphatic heterocycles. The maximum absolute atomic E-state index is 12.2. The van der Waals surface area contributed by atoms with Crippen LogP contribution in [0.15, 0.2) is 36.9 Å². The molecule has 0 spiro atoms. The highest BCUT2D eigenvalue weighted by molar-refractivity contribution is 6.45. The minimum absolute atomic E-state index is 0.0788. The summed E-state index contributed by atoms with van der Waals surface area (Å²) in [6, 6.07) is 6.42. The summed E-state index contributed by atoms with van der Waals surface area (Å²) in [6.07, 6.45) is 1.34. The molecule has 2 saturated heterocycles. The van der Waals surface area contributed by atoms with E-state index in [4.69, 9.17) is 4.74 Å². The first-order valence-corrected chi connectivity index (χ1v) is 8.52. The standard InChI is InChI=1S/C18H20N4O5/c1-2-7-21-16(24)17(25)22(18(21)26)12-15(23)19-13-3-5-14(6-4-13)20-8-10-27-11-9-20/h2-6H,1,7-12H2,(H,19,23). The number of carbonyl (C=O) groups excluding carboxylic acids is 4. The fourth-order valence-corrected chi connectivity index (χ4v) is 2.90. The van der Waals surface area contributed by atoms with E-state index in [-0.39, 0.29) is 6.54 Å². The van der Waals surface area contributed by atoms with Crippen LogP contribution in [-0.4, -0.2) is 72.9 Å². The van der Waals surface area contributed by atoms with Crippen molar-refractivity contribution in [3.63, 3.8) is 0 Å². The molecule has 2 fully saturated rings. The van der Waals surface area contributed by atoms with E-state index >= 15 is 0 Å². The van der Waals surface area contributed by atoms with E-state index in [1.165, 1.54) is 6.08 Å². The van der Waals surface area contributed by atoms with Gasteiger partial charge in [0, 0.05) is 31.0 Å². The Kier molecular flexibility index (Phi) is 5.51. The summed E-state index contributed by atoms with van der Waals surface area (Å²) in [4.78, 5) is 51.5. The van der Waals surface area contributed by atoms with Gasteiger partial charge in [0.1, 0.15) is 6.54 Å². The normalized spacial score (nSPS) is 17.5. The summed E-state index contributed by atoms with van der Waals surface area (Å²) < 4.78 is 5.32. The maximum Gasteiger partial charge on any atom is 0.335 e. The summed E-state index contributed by atoms with van der Waals surface area (Å²) in [5.41, 5.74) is 1.55. The molecule has 0 radical (unpaired) electrons. The fraction of sp³-hybridized carbons (Fsp3) is 0.333. The number of amides is 5. The van der Waals surface area contributed by atoms with Crippen molar-refractivity contribution in [3.05, 3.63) is 36.9 Å². The van der Waals surface area contributed by atoms with Gasteiger partial charge in [-0.05, 0) is 24.3 Å². The lowest BCUT2D eigenvalue weighted by Crippen LogP contribution is -2.39. The lowest BCUT2D eigenvalue weighted by atomic mass is 10.2. The number of imide groups is 2. The summed E-state index contributed by atoms with van der Waals surface area (Å²) >= 11 is 0. The van der Waals surface area contributed by atoms with Crippen molar-refractivity contribution < 1.29 is 23.9 Å². The lowest BCUT2D eigenvalue weighted by molar-refractivity contribution is -0.143. The van der Waals surface area contributed by atoms with Crippen LogP contribution in [0.25, 0.3) is 0 Å². The second-order valence-corrected chi connectivity index (χ2v) is 6.07. The highest BCUT2D eigenvalue weighted by Gasteiger charge is 2.44. The first-order valence-electron chi connectivity index (χ1n) is 8.52. The smallest absolute Gasteiger partial charge is 0.335 e. The van der Waals surface area contributed by atoms with Gasteiger partial charge in [-0.1, -0.05) is 6.08 Å². The van der Waals surface area contributed by atoms with Crippen molar-refractivity contribution >= 4 is 35.1 Å². The molecule has 0 aliphatic carbocycles. The number of hydrogen-bond donors (Lipinski definition) is 1. The van der Waals surface area contributed by atoms with E-state index in [0.29, 0.717) is 23.8 Å². The molecule has 3 rings (SSSR count). The first kappa shape index (κ1) is 18.6. The number of nitrogens with zero attached hydrogens (tertiary/aromatic N) is 3. The number of carbonyl (C=O) groups is 4. The molecular weight excluding hydrogens is 352 g/mol. The van der Waals surface area contributed by atoms with Crippen LogP contribution in [-0.2, 0) is 19.1 Å². The molecule has 0 unspecified atom stereocenters. The van der Waals surface area contributed by atoms with Crippen molar-refractivity contribution in [2.24, 2.45) is 0 Å². The van der Waals surface area contributed by atoms with Gasteiger partial charge in [0.25, 0.3) is 0 Å². The van der Waals surface area contributed by atoms with Gasteiger partial charge in [-0.2, -0.15) is 0 Å². The third-order valence-corrected chi connectivity index (χ3v) is 4.28. The van der Waals surface area contributed by atoms with Crippen LogP contribution in [0, 0.1) is 0 Å². The molecule has 2 heterocycles. The van der Waals surface area contributed by atoms with Gasteiger partial charge >= 0.3 is 17.8 Å². The van der Waals surface area contributed by atoms with Gasteiger partial charge < -0.3 is 15.0 Å². The quantitative estimate of drug-likeness (QED) is 0.442. The van der Waals surface area contributed by atoms with Gasteiger partial charge in [0.05, 0.1) is 13.2 Å². The van der Waals surface area contributed by atoms with Crippen molar-refractivity contribution in [2.45, 2.75) is 0 Å². The van der Waals surface area contributed by atoms with Crippen molar-refractivity contribution in [1.82, 2.24) is 9.80 Å². The molecule has 1 aromatic carbocycles. The minimum Gasteiger partial charge on any atom is -0.378 e. The first-order chi connectivity index (χ1) is 13.0. The number of morpholine rings is 1. The Morgan fingerprint density at radius 2 is 1.70 bits per heavy atom. The summed E-state index contributed by atoms with van der Waals surface area (Å²) in [5.74, 6) is -2.54. The van der Waals surface area contributed by atoms with Crippen molar-refractivity contribution in [1.29, 1.82) is 0 Å². The Balaban J connectivity index is 1.59. The van der Waals surface area contributed by atoms with Gasteiger partial charge in [0.2, 0.25) is 5.91 Å². The van der Waals surface area contributed by atoms with Crippen LogP contribution in [0.1, 0.15) is 0 Å². The molecule has 27 heavy (non-hydrogen) atoms. The largest absolute Gasteiger partial charge is 0.378 e. The number of nitrogens with one attached hydrogen (secondary N) is 1. The van der Waals surface area contributed by atoms with Crippen LogP contribution < -0.4 is 10.2 Å². The second-order valence-electron chi connectivity index (χ2n) is 6.07. The zero-order valence-electron chi connectivity index (χ0n) is 14.7. The van der Waals surface area contributed by atoms with Gasteiger partial charge in [-0.25, -0.2) is 9.69 Å². The Morgan fingerprint density at radius 3 is 2.33 bits per heavy atom. The Hall–Kier alpha value is -3.20. The highest BCUT2D eigenvalue weighted by Crippen LogP contribution is 2.19. The summed E-state index contributed by atoms with van der Waals surface area (Å²) in [7, 11) is 0. The van der Waals surface area contributed by atoms with Crippen molar-refractivity contribution in [3.8, 4) is 0 Å². The summed E-state index contributed by atoms with van der Waals surface area (Å²) in [5, 5.41) is 2.62. The third kappa shape index (κ3) is 3.98. The zero-order valence-corrected chi connectivity index (χ0v) is 14.7. The van der Waals surface area contributed by atoms with Crippen LogP contribution in [0.5, 0.6) is 0 Å². The van der Waals surface area contributed by atoms with E-state index in [1.807, 2.05) is 12.1 Å². The van der Waals surface area contributed by atoms with Gasteiger partial charge in [-0.3, -0.25) is 19.3 Å². The molecule has 0 atom stereocenters. The molecule has 1 aromatic rings. The van der Waals surface area contributed by atoms with Crippen LogP contribution in [0.2, 0.25) is 0 Å². The number of urea groups is 1. The molecule has 0 saturated carbocycles. The van der Waals surface area contributed by atoms with Gasteiger partial charge in [-0.15, -0.1) is 6.58 Å². The average molecular weight is 372 g/mol. The highest BCUT2D eigenvalue weighted by atomic mass is 16.5. The minimum atomic E-state index is -1.01. The number of ether oxygens (including phenoxy) is 1. The number of hydrogen-bond acceptors (Lipinski definition) is 6. The number of anilines is 2. The molecule has 5 amide bonds. The fourth-order valence-electron chi connectivity index (χ4n) is 2.90. The molecule has 1 N–H and O–H groups in total. The van der Waals surface area contributed by atoms with Crippen LogP contribution in [0.3, 0.4) is 0 Å². The van der Waals surface area contributed by atoms with Gasteiger partial charge in [0.15, 0.2) is 0 Å². The number of rotatable bonds is 6.